The average Bonchev–Trinajstić information content (AvgIpc) is 2.69. The minimum Gasteiger partial charge on any atom is -0.308 e. The van der Waals surface area contributed by atoms with Crippen LogP contribution in [-0.4, -0.2) is 31.9 Å². The lowest BCUT2D eigenvalue weighted by atomic mass is 10.1. The Hall–Kier alpha value is -1.36. The lowest BCUT2D eigenvalue weighted by Crippen LogP contribution is -2.41. The highest BCUT2D eigenvalue weighted by atomic mass is 32.2. The molecule has 1 aromatic carbocycles. The number of hydrogen-bond donors (Lipinski definition) is 0. The molecular weight excluding hydrogens is 262 g/mol. The third-order valence-corrected chi connectivity index (χ3v) is 5.17. The molecule has 1 aliphatic heterocycles. The van der Waals surface area contributed by atoms with Gasteiger partial charge in [-0.25, -0.2) is 8.42 Å². The molecule has 0 bridgehead atoms. The molecule has 1 unspecified atom stereocenters. The average molecular weight is 281 g/mol. The van der Waals surface area contributed by atoms with E-state index in [1.807, 2.05) is 31.2 Å². The Labute approximate surface area is 114 Å². The van der Waals surface area contributed by atoms with Crippen molar-refractivity contribution in [2.24, 2.45) is 0 Å². The summed E-state index contributed by atoms with van der Waals surface area (Å²) in [6, 6.07) is 7.43. The van der Waals surface area contributed by atoms with Gasteiger partial charge in [0.05, 0.1) is 17.5 Å². The molecule has 1 atom stereocenters. The summed E-state index contributed by atoms with van der Waals surface area (Å²) in [5.41, 5.74) is 1.86. The standard InChI is InChI=1S/C14H19NO3S/c1-3-14(16)15(12-6-4-5-11(2)9-12)13-7-8-19(17,18)10-13/h4-6,9,13H,3,7-8,10H2,1-2H3. The SMILES string of the molecule is CCC(=O)N(c1cccc(C)c1)C1CCS(=O)(=O)C1. The van der Waals surface area contributed by atoms with Gasteiger partial charge < -0.3 is 4.90 Å². The molecule has 0 spiro atoms. The topological polar surface area (TPSA) is 54.5 Å². The highest BCUT2D eigenvalue weighted by molar-refractivity contribution is 7.91. The van der Waals surface area contributed by atoms with Crippen molar-refractivity contribution in [1.29, 1.82) is 0 Å². The van der Waals surface area contributed by atoms with Crippen LogP contribution >= 0.6 is 0 Å². The number of anilines is 1. The minimum absolute atomic E-state index is 0.0206. The summed E-state index contributed by atoms with van der Waals surface area (Å²) in [5.74, 6) is 0.233. The second-order valence-electron chi connectivity index (χ2n) is 5.01. The van der Waals surface area contributed by atoms with Gasteiger partial charge in [0.25, 0.3) is 0 Å². The first-order valence-electron chi connectivity index (χ1n) is 6.52. The van der Waals surface area contributed by atoms with E-state index in [1.54, 1.807) is 11.8 Å². The van der Waals surface area contributed by atoms with Gasteiger partial charge in [-0.05, 0) is 31.0 Å². The Balaban J connectivity index is 2.35. The Morgan fingerprint density at radius 1 is 1.42 bits per heavy atom. The summed E-state index contributed by atoms with van der Waals surface area (Å²) in [5, 5.41) is 0. The van der Waals surface area contributed by atoms with Crippen molar-refractivity contribution in [3.05, 3.63) is 29.8 Å². The van der Waals surface area contributed by atoms with Gasteiger partial charge >= 0.3 is 0 Å². The van der Waals surface area contributed by atoms with E-state index < -0.39 is 9.84 Å². The Bertz CT molecular complexity index is 580. The van der Waals surface area contributed by atoms with Crippen LogP contribution in [-0.2, 0) is 14.6 Å². The van der Waals surface area contributed by atoms with Gasteiger partial charge in [0.15, 0.2) is 9.84 Å². The molecule has 1 aliphatic rings. The molecule has 1 fully saturated rings. The first kappa shape index (κ1) is 14.1. The molecule has 19 heavy (non-hydrogen) atoms. The molecule has 4 nitrogen and oxygen atoms in total. The molecule has 2 rings (SSSR count). The van der Waals surface area contributed by atoms with Gasteiger partial charge in [-0.2, -0.15) is 0 Å². The maximum Gasteiger partial charge on any atom is 0.226 e. The third kappa shape index (κ3) is 3.15. The summed E-state index contributed by atoms with van der Waals surface area (Å²) < 4.78 is 23.2. The van der Waals surface area contributed by atoms with Crippen LogP contribution in [0.3, 0.4) is 0 Å². The highest BCUT2D eigenvalue weighted by Crippen LogP contribution is 2.25. The van der Waals surface area contributed by atoms with Crippen molar-refractivity contribution in [2.45, 2.75) is 32.7 Å². The van der Waals surface area contributed by atoms with Crippen LogP contribution in [0.2, 0.25) is 0 Å². The van der Waals surface area contributed by atoms with Gasteiger partial charge in [0.1, 0.15) is 0 Å². The molecule has 1 saturated heterocycles. The maximum atomic E-state index is 12.2. The zero-order valence-electron chi connectivity index (χ0n) is 11.3. The smallest absolute Gasteiger partial charge is 0.226 e. The zero-order chi connectivity index (χ0) is 14.0. The van der Waals surface area contributed by atoms with Crippen molar-refractivity contribution in [3.63, 3.8) is 0 Å². The molecular formula is C14H19NO3S. The molecule has 0 N–H and O–H groups in total. The maximum absolute atomic E-state index is 12.2. The molecule has 0 radical (unpaired) electrons. The van der Waals surface area contributed by atoms with Crippen molar-refractivity contribution in [3.8, 4) is 0 Å². The number of carbonyl (C=O) groups is 1. The summed E-state index contributed by atoms with van der Waals surface area (Å²) in [6.07, 6.45) is 0.909. The Kier molecular flexibility index (Phi) is 3.94. The fourth-order valence-corrected chi connectivity index (χ4v) is 4.19. The van der Waals surface area contributed by atoms with Gasteiger partial charge in [-0.3, -0.25) is 4.79 Å². The molecule has 1 amide bonds. The first-order valence-corrected chi connectivity index (χ1v) is 8.34. The number of aryl methyl sites for hydroxylation is 1. The molecule has 0 aliphatic carbocycles. The predicted molar refractivity (Wildman–Crippen MR) is 76.0 cm³/mol. The number of rotatable bonds is 3. The first-order chi connectivity index (χ1) is 8.93. The van der Waals surface area contributed by atoms with Crippen LogP contribution in [0.15, 0.2) is 24.3 Å². The number of hydrogen-bond acceptors (Lipinski definition) is 3. The lowest BCUT2D eigenvalue weighted by molar-refractivity contribution is -0.118. The normalized spacial score (nSPS) is 21.3. The predicted octanol–water partition coefficient (Wildman–Crippen LogP) is 1.93. The Morgan fingerprint density at radius 3 is 2.68 bits per heavy atom. The number of nitrogens with zero attached hydrogens (tertiary/aromatic N) is 1. The van der Waals surface area contributed by atoms with Crippen LogP contribution in [0.1, 0.15) is 25.3 Å². The molecule has 5 heteroatoms. The van der Waals surface area contributed by atoms with E-state index in [-0.39, 0.29) is 23.5 Å². The zero-order valence-corrected chi connectivity index (χ0v) is 12.1. The number of sulfone groups is 1. The van der Waals surface area contributed by atoms with E-state index in [0.717, 1.165) is 11.3 Å². The molecule has 0 aromatic heterocycles. The van der Waals surface area contributed by atoms with E-state index in [4.69, 9.17) is 0 Å². The second kappa shape index (κ2) is 5.33. The lowest BCUT2D eigenvalue weighted by Gasteiger charge is -2.28. The van der Waals surface area contributed by atoms with Crippen molar-refractivity contribution in [2.75, 3.05) is 16.4 Å². The highest BCUT2D eigenvalue weighted by Gasteiger charge is 2.34. The summed E-state index contributed by atoms with van der Waals surface area (Å²) in [4.78, 5) is 13.8. The van der Waals surface area contributed by atoms with Crippen molar-refractivity contribution in [1.82, 2.24) is 0 Å². The van der Waals surface area contributed by atoms with Crippen LogP contribution < -0.4 is 4.90 Å². The van der Waals surface area contributed by atoms with Crippen LogP contribution in [0.25, 0.3) is 0 Å². The fraction of sp³-hybridized carbons (Fsp3) is 0.500. The van der Waals surface area contributed by atoms with Crippen molar-refractivity contribution >= 4 is 21.4 Å². The van der Waals surface area contributed by atoms with Gasteiger partial charge in [-0.15, -0.1) is 0 Å². The van der Waals surface area contributed by atoms with E-state index in [2.05, 4.69) is 0 Å². The van der Waals surface area contributed by atoms with Gasteiger partial charge in [0.2, 0.25) is 5.91 Å². The van der Waals surface area contributed by atoms with Crippen LogP contribution in [0.5, 0.6) is 0 Å². The quantitative estimate of drug-likeness (QED) is 0.850. The molecule has 104 valence electrons. The largest absolute Gasteiger partial charge is 0.308 e. The summed E-state index contributed by atoms with van der Waals surface area (Å²) in [6.45, 7) is 3.76. The van der Waals surface area contributed by atoms with Gasteiger partial charge in [0, 0.05) is 12.1 Å². The monoisotopic (exact) mass is 281 g/mol. The molecule has 1 heterocycles. The summed E-state index contributed by atoms with van der Waals surface area (Å²) >= 11 is 0. The van der Waals surface area contributed by atoms with Crippen LogP contribution in [0.4, 0.5) is 5.69 Å². The number of amides is 1. The van der Waals surface area contributed by atoms with Crippen molar-refractivity contribution < 1.29 is 13.2 Å². The second-order valence-corrected chi connectivity index (χ2v) is 7.24. The molecule has 0 saturated carbocycles. The van der Waals surface area contributed by atoms with Crippen LogP contribution in [0, 0.1) is 6.92 Å². The third-order valence-electron chi connectivity index (χ3n) is 3.42. The molecule has 1 aromatic rings. The summed E-state index contributed by atoms with van der Waals surface area (Å²) in [7, 11) is -2.99. The van der Waals surface area contributed by atoms with E-state index >= 15 is 0 Å². The van der Waals surface area contributed by atoms with E-state index in [9.17, 15) is 13.2 Å². The Morgan fingerprint density at radius 2 is 2.16 bits per heavy atom. The van der Waals surface area contributed by atoms with Gasteiger partial charge in [-0.1, -0.05) is 19.1 Å². The van der Waals surface area contributed by atoms with E-state index in [1.165, 1.54) is 0 Å². The number of carbonyl (C=O) groups excluding carboxylic acids is 1. The minimum atomic E-state index is -2.99. The van der Waals surface area contributed by atoms with E-state index in [0.29, 0.717) is 12.8 Å². The number of benzene rings is 1. The fourth-order valence-electron chi connectivity index (χ4n) is 2.49.